The van der Waals surface area contributed by atoms with Crippen molar-refractivity contribution in [1.29, 1.82) is 0 Å². The molecule has 9 nitrogen and oxygen atoms in total. The van der Waals surface area contributed by atoms with Crippen LogP contribution >= 0.6 is 0 Å². The maximum absolute atomic E-state index is 11.3. The summed E-state index contributed by atoms with van der Waals surface area (Å²) >= 11 is 0. The smallest absolute Gasteiger partial charge is 0.294 e. The highest BCUT2D eigenvalue weighted by molar-refractivity contribution is 7.86. The van der Waals surface area contributed by atoms with Gasteiger partial charge in [0.2, 0.25) is 0 Å². The van der Waals surface area contributed by atoms with Gasteiger partial charge in [0.05, 0.1) is 9.79 Å². The van der Waals surface area contributed by atoms with E-state index in [9.17, 15) is 25.9 Å². The van der Waals surface area contributed by atoms with Crippen molar-refractivity contribution < 1.29 is 25.9 Å². The molecule has 32 heavy (non-hydrogen) atoms. The maximum Gasteiger partial charge on any atom is 0.294 e. The Bertz CT molecular complexity index is 1420. The van der Waals surface area contributed by atoms with Crippen molar-refractivity contribution in [2.24, 2.45) is 0 Å². The summed E-state index contributed by atoms with van der Waals surface area (Å²) in [5, 5.41) is 6.34. The molecule has 2 aromatic carbocycles. The Morgan fingerprint density at radius 2 is 1.16 bits per heavy atom. The zero-order chi connectivity index (χ0) is 23.8. The van der Waals surface area contributed by atoms with Gasteiger partial charge in [-0.25, -0.2) is 4.98 Å². The molecular weight excluding hydrogens is 454 g/mol. The van der Waals surface area contributed by atoms with E-state index in [4.69, 9.17) is 0 Å². The van der Waals surface area contributed by atoms with Gasteiger partial charge < -0.3 is 10.6 Å². The summed E-state index contributed by atoms with van der Waals surface area (Å²) in [5.74, 6) is 1.05. The topological polar surface area (TPSA) is 146 Å². The Balaban J connectivity index is 1.94. The molecule has 4 N–H and O–H groups in total. The summed E-state index contributed by atoms with van der Waals surface area (Å²) < 4.78 is 63.8. The molecule has 0 saturated heterocycles. The molecule has 0 aliphatic rings. The second-order valence-electron chi connectivity index (χ2n) is 7.45. The maximum atomic E-state index is 11.3. The van der Waals surface area contributed by atoms with E-state index in [0.29, 0.717) is 34.1 Å². The fraction of sp³-hybridized carbons (Fsp3) is 0.190. The van der Waals surface area contributed by atoms with Crippen LogP contribution in [0.2, 0.25) is 0 Å². The SMILES string of the molecule is Cc1cc(S(=O)(=O)O)ccc1Nc1cc(C)c(C)c(Nc2ccc(S(=O)(=O)O)cc2C)n1. The Hall–Kier alpha value is -2.99. The highest BCUT2D eigenvalue weighted by atomic mass is 32.2. The number of benzene rings is 2. The molecule has 3 aromatic rings. The van der Waals surface area contributed by atoms with Gasteiger partial charge in [-0.2, -0.15) is 16.8 Å². The zero-order valence-electron chi connectivity index (χ0n) is 17.8. The molecule has 0 amide bonds. The van der Waals surface area contributed by atoms with Crippen LogP contribution in [-0.4, -0.2) is 30.9 Å². The third kappa shape index (κ3) is 5.25. The quantitative estimate of drug-likeness (QED) is 0.382. The molecule has 1 aromatic heterocycles. The van der Waals surface area contributed by atoms with Gasteiger partial charge in [0.1, 0.15) is 11.6 Å². The molecule has 0 spiro atoms. The average Bonchev–Trinajstić information content (AvgIpc) is 2.67. The molecule has 0 unspecified atom stereocenters. The van der Waals surface area contributed by atoms with Crippen molar-refractivity contribution in [3.05, 3.63) is 64.7 Å². The van der Waals surface area contributed by atoms with E-state index in [1.54, 1.807) is 26.0 Å². The standard InChI is InChI=1S/C21H23N3O6S2/c1-12-11-20(22-18-7-5-16(9-13(18)2)31(25,26)27)24-21(15(12)4)23-19-8-6-17(10-14(19)3)32(28,29)30/h5-11H,1-4H3,(H2,22,23,24)(H,25,26,27)(H,28,29,30). The van der Waals surface area contributed by atoms with Gasteiger partial charge in [-0.3, -0.25) is 9.11 Å². The first kappa shape index (κ1) is 23.7. The predicted molar refractivity (Wildman–Crippen MR) is 122 cm³/mol. The molecule has 0 aliphatic heterocycles. The second-order valence-corrected chi connectivity index (χ2v) is 10.3. The van der Waals surface area contributed by atoms with E-state index in [-0.39, 0.29) is 9.79 Å². The van der Waals surface area contributed by atoms with Gasteiger partial charge in [-0.15, -0.1) is 0 Å². The lowest BCUT2D eigenvalue weighted by Gasteiger charge is -2.16. The molecule has 0 bridgehead atoms. The minimum absolute atomic E-state index is 0.194. The number of aryl methyl sites for hydroxylation is 3. The van der Waals surface area contributed by atoms with E-state index >= 15 is 0 Å². The van der Waals surface area contributed by atoms with Crippen LogP contribution in [0.25, 0.3) is 0 Å². The normalized spacial score (nSPS) is 11.9. The minimum Gasteiger partial charge on any atom is -0.340 e. The Labute approximate surface area is 187 Å². The number of nitrogens with zero attached hydrogens (tertiary/aromatic N) is 1. The monoisotopic (exact) mass is 477 g/mol. The number of hydrogen-bond acceptors (Lipinski definition) is 7. The van der Waals surface area contributed by atoms with Crippen LogP contribution in [0.4, 0.5) is 23.0 Å². The summed E-state index contributed by atoms with van der Waals surface area (Å²) in [6.45, 7) is 7.22. The van der Waals surface area contributed by atoms with Crippen LogP contribution in [0, 0.1) is 27.7 Å². The van der Waals surface area contributed by atoms with Crippen molar-refractivity contribution in [2.45, 2.75) is 37.5 Å². The number of pyridine rings is 1. The summed E-state index contributed by atoms with van der Waals surface area (Å²) in [5.41, 5.74) is 4.27. The highest BCUT2D eigenvalue weighted by Crippen LogP contribution is 2.29. The Kier molecular flexibility index (Phi) is 6.29. The molecule has 0 atom stereocenters. The van der Waals surface area contributed by atoms with Crippen LogP contribution in [0.15, 0.2) is 52.3 Å². The van der Waals surface area contributed by atoms with Gasteiger partial charge in [-0.05, 0) is 92.4 Å². The molecule has 0 radical (unpaired) electrons. The van der Waals surface area contributed by atoms with Gasteiger partial charge in [0, 0.05) is 11.4 Å². The van der Waals surface area contributed by atoms with Crippen molar-refractivity contribution in [2.75, 3.05) is 10.6 Å². The van der Waals surface area contributed by atoms with E-state index in [0.717, 1.165) is 11.1 Å². The lowest BCUT2D eigenvalue weighted by atomic mass is 10.1. The first-order valence-electron chi connectivity index (χ1n) is 9.44. The van der Waals surface area contributed by atoms with Gasteiger partial charge >= 0.3 is 0 Å². The predicted octanol–water partition coefficient (Wildman–Crippen LogP) is 4.30. The van der Waals surface area contributed by atoms with Crippen molar-refractivity contribution in [3.63, 3.8) is 0 Å². The number of hydrogen-bond donors (Lipinski definition) is 4. The van der Waals surface area contributed by atoms with Crippen LogP contribution in [0.5, 0.6) is 0 Å². The van der Waals surface area contributed by atoms with Crippen molar-refractivity contribution in [3.8, 4) is 0 Å². The van der Waals surface area contributed by atoms with Crippen LogP contribution < -0.4 is 10.6 Å². The molecule has 170 valence electrons. The molecule has 0 saturated carbocycles. The summed E-state index contributed by atoms with van der Waals surface area (Å²) in [6.07, 6.45) is 0. The fourth-order valence-electron chi connectivity index (χ4n) is 3.06. The first-order chi connectivity index (χ1) is 14.8. The average molecular weight is 478 g/mol. The van der Waals surface area contributed by atoms with Gasteiger partial charge in [0.15, 0.2) is 0 Å². The van der Waals surface area contributed by atoms with Crippen LogP contribution in [0.3, 0.4) is 0 Å². The van der Waals surface area contributed by atoms with E-state index < -0.39 is 20.2 Å². The number of nitrogens with one attached hydrogen (secondary N) is 2. The lowest BCUT2D eigenvalue weighted by Crippen LogP contribution is -2.05. The molecule has 1 heterocycles. The first-order valence-corrected chi connectivity index (χ1v) is 12.3. The molecule has 0 aliphatic carbocycles. The zero-order valence-corrected chi connectivity index (χ0v) is 19.5. The Morgan fingerprint density at radius 3 is 1.59 bits per heavy atom. The van der Waals surface area contributed by atoms with Crippen molar-refractivity contribution >= 4 is 43.2 Å². The third-order valence-electron chi connectivity index (χ3n) is 5.04. The minimum atomic E-state index is -4.29. The molecular formula is C21H23N3O6S2. The van der Waals surface area contributed by atoms with Gasteiger partial charge in [-0.1, -0.05) is 0 Å². The van der Waals surface area contributed by atoms with Crippen molar-refractivity contribution in [1.82, 2.24) is 4.98 Å². The summed E-state index contributed by atoms with van der Waals surface area (Å²) in [7, 11) is -8.59. The molecule has 3 rings (SSSR count). The largest absolute Gasteiger partial charge is 0.340 e. The summed E-state index contributed by atoms with van der Waals surface area (Å²) in [6, 6.07) is 10.2. The van der Waals surface area contributed by atoms with E-state index in [2.05, 4.69) is 15.6 Å². The second kappa shape index (κ2) is 8.51. The number of anilines is 4. The molecule has 11 heteroatoms. The lowest BCUT2D eigenvalue weighted by molar-refractivity contribution is 0.481. The third-order valence-corrected chi connectivity index (χ3v) is 6.74. The molecule has 0 fully saturated rings. The fourth-order valence-corrected chi connectivity index (χ4v) is 4.19. The summed E-state index contributed by atoms with van der Waals surface area (Å²) in [4.78, 5) is 4.20. The van der Waals surface area contributed by atoms with Crippen LogP contribution in [-0.2, 0) is 20.2 Å². The van der Waals surface area contributed by atoms with E-state index in [1.165, 1.54) is 24.3 Å². The highest BCUT2D eigenvalue weighted by Gasteiger charge is 2.14. The van der Waals surface area contributed by atoms with Gasteiger partial charge in [0.25, 0.3) is 20.2 Å². The Morgan fingerprint density at radius 1 is 0.688 bits per heavy atom. The van der Waals surface area contributed by atoms with Crippen LogP contribution in [0.1, 0.15) is 22.3 Å². The number of rotatable bonds is 6. The van der Waals surface area contributed by atoms with E-state index in [1.807, 2.05) is 19.9 Å². The number of aromatic nitrogens is 1.